The Kier molecular flexibility index (Phi) is 5.04. The average molecular weight is 456 g/mol. The molecular formula is C19H15F2NO4S3. The first kappa shape index (κ1) is 20.1. The van der Waals surface area contributed by atoms with Gasteiger partial charge in [0.15, 0.2) is 19.1 Å². The Balaban J connectivity index is 1.90. The molecule has 1 fully saturated rings. The Bertz CT molecular complexity index is 1280. The molecule has 152 valence electrons. The molecular weight excluding hydrogens is 440 g/mol. The van der Waals surface area contributed by atoms with Crippen molar-refractivity contribution >= 4 is 31.0 Å². The van der Waals surface area contributed by atoms with Crippen LogP contribution in [-0.2, 0) is 19.7 Å². The zero-order valence-electron chi connectivity index (χ0n) is 14.9. The van der Waals surface area contributed by atoms with Crippen molar-refractivity contribution in [3.63, 3.8) is 0 Å². The van der Waals surface area contributed by atoms with Gasteiger partial charge in [0.1, 0.15) is 16.6 Å². The number of rotatable bonds is 6. The molecule has 0 aliphatic heterocycles. The van der Waals surface area contributed by atoms with Crippen molar-refractivity contribution in [2.24, 2.45) is 5.92 Å². The third-order valence-corrected chi connectivity index (χ3v) is 9.99. The van der Waals surface area contributed by atoms with Crippen molar-refractivity contribution in [3.05, 3.63) is 60.2 Å². The third kappa shape index (κ3) is 4.10. The summed E-state index contributed by atoms with van der Waals surface area (Å²) in [7, 11) is -8.24. The second kappa shape index (κ2) is 7.26. The molecule has 5 nitrogen and oxygen atoms in total. The van der Waals surface area contributed by atoms with Crippen molar-refractivity contribution in [2.75, 3.05) is 5.75 Å². The van der Waals surface area contributed by atoms with Crippen molar-refractivity contribution in [2.45, 2.75) is 27.0 Å². The maximum Gasteiger partial charge on any atom is 0.226 e. The van der Waals surface area contributed by atoms with E-state index in [4.69, 9.17) is 0 Å². The number of nitrogens with zero attached hydrogens (tertiary/aromatic N) is 1. The predicted octanol–water partition coefficient (Wildman–Crippen LogP) is 4.10. The fourth-order valence-electron chi connectivity index (χ4n) is 2.80. The molecule has 0 amide bonds. The molecule has 29 heavy (non-hydrogen) atoms. The van der Waals surface area contributed by atoms with Gasteiger partial charge < -0.3 is 0 Å². The lowest BCUT2D eigenvalue weighted by molar-refractivity contribution is 0.579. The molecule has 0 unspecified atom stereocenters. The third-order valence-electron chi connectivity index (χ3n) is 4.45. The SMILES string of the molecule is O=S(=O)(CC1CC1)c1sc(-c2cccc(F)c2)nc1S(=O)(=O)c1ccc(F)cc1. The maximum atomic E-state index is 13.6. The van der Waals surface area contributed by atoms with Crippen LogP contribution in [0.4, 0.5) is 8.78 Å². The highest BCUT2D eigenvalue weighted by molar-refractivity contribution is 7.96. The Morgan fingerprint density at radius 3 is 2.28 bits per heavy atom. The number of aromatic nitrogens is 1. The van der Waals surface area contributed by atoms with Crippen LogP contribution in [0.5, 0.6) is 0 Å². The van der Waals surface area contributed by atoms with Gasteiger partial charge in [-0.3, -0.25) is 0 Å². The lowest BCUT2D eigenvalue weighted by Gasteiger charge is -2.05. The minimum Gasteiger partial charge on any atom is -0.223 e. The average Bonchev–Trinajstić information content (AvgIpc) is 3.33. The van der Waals surface area contributed by atoms with Gasteiger partial charge in [0, 0.05) is 5.56 Å². The zero-order chi connectivity index (χ0) is 20.8. The van der Waals surface area contributed by atoms with E-state index in [1.54, 1.807) is 0 Å². The van der Waals surface area contributed by atoms with Crippen molar-refractivity contribution in [1.29, 1.82) is 0 Å². The van der Waals surface area contributed by atoms with Crippen molar-refractivity contribution < 1.29 is 25.6 Å². The van der Waals surface area contributed by atoms with E-state index >= 15 is 0 Å². The van der Waals surface area contributed by atoms with E-state index in [0.29, 0.717) is 11.3 Å². The number of benzene rings is 2. The molecule has 0 spiro atoms. The molecule has 0 N–H and O–H groups in total. The fourth-order valence-corrected chi connectivity index (χ4v) is 8.23. The van der Waals surface area contributed by atoms with Crippen molar-refractivity contribution in [3.8, 4) is 10.6 Å². The van der Waals surface area contributed by atoms with Gasteiger partial charge in [-0.1, -0.05) is 12.1 Å². The van der Waals surface area contributed by atoms with Crippen LogP contribution in [0.2, 0.25) is 0 Å². The first-order valence-electron chi connectivity index (χ1n) is 8.67. The molecule has 0 saturated heterocycles. The van der Waals surface area contributed by atoms with E-state index in [-0.39, 0.29) is 31.3 Å². The lowest BCUT2D eigenvalue weighted by atomic mass is 10.2. The summed E-state index contributed by atoms with van der Waals surface area (Å²) in [5, 5.41) is -0.520. The van der Waals surface area contributed by atoms with E-state index < -0.39 is 36.3 Å². The monoisotopic (exact) mass is 455 g/mol. The molecule has 3 aromatic rings. The smallest absolute Gasteiger partial charge is 0.223 e. The molecule has 0 atom stereocenters. The summed E-state index contributed by atoms with van der Waals surface area (Å²) in [6.07, 6.45) is 1.55. The molecule has 1 aliphatic rings. The van der Waals surface area contributed by atoms with Crippen molar-refractivity contribution in [1.82, 2.24) is 4.98 Å². The summed E-state index contributed by atoms with van der Waals surface area (Å²) >= 11 is 0.704. The highest BCUT2D eigenvalue weighted by Gasteiger charge is 2.37. The van der Waals surface area contributed by atoms with E-state index in [1.165, 1.54) is 18.2 Å². The maximum absolute atomic E-state index is 13.6. The fraction of sp³-hybridized carbons (Fsp3) is 0.211. The predicted molar refractivity (Wildman–Crippen MR) is 104 cm³/mol. The van der Waals surface area contributed by atoms with Gasteiger partial charge in [-0.25, -0.2) is 30.6 Å². The van der Waals surface area contributed by atoms with Gasteiger partial charge in [-0.2, -0.15) is 0 Å². The normalized spacial score (nSPS) is 14.8. The van der Waals surface area contributed by atoms with Gasteiger partial charge in [-0.15, -0.1) is 11.3 Å². The highest BCUT2D eigenvalue weighted by Crippen LogP contribution is 2.40. The molecule has 1 aliphatic carbocycles. The molecule has 0 radical (unpaired) electrons. The summed E-state index contributed by atoms with van der Waals surface area (Å²) in [4.78, 5) is 3.81. The first-order chi connectivity index (χ1) is 13.7. The Labute approximate surface area is 170 Å². The van der Waals surface area contributed by atoms with E-state index in [1.807, 2.05) is 0 Å². The van der Waals surface area contributed by atoms with Crippen LogP contribution < -0.4 is 0 Å². The Morgan fingerprint density at radius 2 is 1.66 bits per heavy atom. The second-order valence-corrected chi connectivity index (χ2v) is 11.9. The van der Waals surface area contributed by atoms with Crippen LogP contribution in [0.25, 0.3) is 10.6 Å². The Morgan fingerprint density at radius 1 is 0.966 bits per heavy atom. The van der Waals surface area contributed by atoms with Crippen LogP contribution in [0.1, 0.15) is 12.8 Å². The molecule has 2 aromatic carbocycles. The van der Waals surface area contributed by atoms with Crippen LogP contribution in [0.3, 0.4) is 0 Å². The largest absolute Gasteiger partial charge is 0.226 e. The van der Waals surface area contributed by atoms with Gasteiger partial charge >= 0.3 is 0 Å². The minimum atomic E-state index is -4.32. The summed E-state index contributed by atoms with van der Waals surface area (Å²) in [5.74, 6) is -1.34. The highest BCUT2D eigenvalue weighted by atomic mass is 32.2. The zero-order valence-corrected chi connectivity index (χ0v) is 17.3. The standard InChI is InChI=1S/C19H15F2NO4S3/c20-14-6-8-16(9-7-14)29(25,26)18-19(28(23,24)11-12-4-5-12)27-17(22-18)13-2-1-3-15(21)10-13/h1-3,6-10,12H,4-5,11H2. The summed E-state index contributed by atoms with van der Waals surface area (Å²) in [6, 6.07) is 9.40. The van der Waals surface area contributed by atoms with Gasteiger partial charge in [0.25, 0.3) is 0 Å². The topological polar surface area (TPSA) is 81.2 Å². The van der Waals surface area contributed by atoms with Crippen LogP contribution in [0, 0.1) is 17.6 Å². The van der Waals surface area contributed by atoms with Gasteiger partial charge in [0.2, 0.25) is 9.84 Å². The molecule has 4 rings (SSSR count). The summed E-state index contributed by atoms with van der Waals surface area (Å²) in [6.45, 7) is 0. The summed E-state index contributed by atoms with van der Waals surface area (Å²) < 4.78 is 78.5. The number of sulfone groups is 2. The lowest BCUT2D eigenvalue weighted by Crippen LogP contribution is -2.12. The van der Waals surface area contributed by atoms with Gasteiger partial charge in [0.05, 0.1) is 10.6 Å². The molecule has 1 heterocycles. The van der Waals surface area contributed by atoms with E-state index in [9.17, 15) is 25.6 Å². The summed E-state index contributed by atoms with van der Waals surface area (Å²) in [5.41, 5.74) is 0.276. The van der Waals surface area contributed by atoms with Crippen LogP contribution >= 0.6 is 11.3 Å². The minimum absolute atomic E-state index is 0.00101. The number of hydrogen-bond donors (Lipinski definition) is 0. The number of hydrogen-bond acceptors (Lipinski definition) is 6. The number of halogens is 2. The first-order valence-corrected chi connectivity index (χ1v) is 12.6. The quantitative estimate of drug-likeness (QED) is 0.523. The molecule has 1 aromatic heterocycles. The van der Waals surface area contributed by atoms with Gasteiger partial charge in [-0.05, 0) is 55.2 Å². The number of thiazole rings is 1. The van der Waals surface area contributed by atoms with Crippen LogP contribution in [-0.4, -0.2) is 27.6 Å². The molecule has 1 saturated carbocycles. The Hall–Kier alpha value is -2.17. The van der Waals surface area contributed by atoms with E-state index in [0.717, 1.165) is 43.2 Å². The van der Waals surface area contributed by atoms with E-state index in [2.05, 4.69) is 4.98 Å². The second-order valence-electron chi connectivity index (χ2n) is 6.80. The molecule has 10 heteroatoms. The molecule has 0 bridgehead atoms. The van der Waals surface area contributed by atoms with Crippen LogP contribution in [0.15, 0.2) is 62.7 Å².